The molecule has 7 nitrogen and oxygen atoms in total. The van der Waals surface area contributed by atoms with E-state index in [1.807, 2.05) is 18.2 Å². The molecule has 2 aromatic rings. The highest BCUT2D eigenvalue weighted by atomic mass is 16.5. The predicted octanol–water partition coefficient (Wildman–Crippen LogP) is 1.62. The minimum atomic E-state index is -0.211. The predicted molar refractivity (Wildman–Crippen MR) is 102 cm³/mol. The third-order valence-corrected chi connectivity index (χ3v) is 5.10. The Morgan fingerprint density at radius 2 is 1.93 bits per heavy atom. The Labute approximate surface area is 158 Å². The normalized spacial score (nSPS) is 20.6. The van der Waals surface area contributed by atoms with Crippen molar-refractivity contribution in [3.05, 3.63) is 42.1 Å². The number of rotatable bonds is 4. The summed E-state index contributed by atoms with van der Waals surface area (Å²) in [6.07, 6.45) is 3.92. The van der Waals surface area contributed by atoms with Gasteiger partial charge in [0.2, 0.25) is 0 Å². The van der Waals surface area contributed by atoms with Gasteiger partial charge in [0.25, 0.3) is 5.91 Å². The minimum absolute atomic E-state index is 0.0846. The number of aliphatic hydroxyl groups is 1. The summed E-state index contributed by atoms with van der Waals surface area (Å²) in [6, 6.07) is 9.34. The number of hydrogen-bond donors (Lipinski definition) is 2. The van der Waals surface area contributed by atoms with Gasteiger partial charge in [0, 0.05) is 37.0 Å². The average Bonchev–Trinajstić information content (AvgIpc) is 3.22. The van der Waals surface area contributed by atoms with Crippen molar-refractivity contribution in [1.29, 1.82) is 0 Å². The molecule has 0 unspecified atom stereocenters. The molecule has 3 heterocycles. The van der Waals surface area contributed by atoms with Crippen LogP contribution in [0.3, 0.4) is 0 Å². The van der Waals surface area contributed by atoms with Gasteiger partial charge >= 0.3 is 0 Å². The Morgan fingerprint density at radius 1 is 1.15 bits per heavy atom. The molecule has 0 radical (unpaired) electrons. The van der Waals surface area contributed by atoms with E-state index in [-0.39, 0.29) is 18.1 Å². The Morgan fingerprint density at radius 3 is 2.63 bits per heavy atom. The fourth-order valence-corrected chi connectivity index (χ4v) is 3.45. The zero-order chi connectivity index (χ0) is 18.6. The molecule has 0 spiro atoms. The molecule has 0 saturated carbocycles. The maximum absolute atomic E-state index is 12.3. The van der Waals surface area contributed by atoms with Gasteiger partial charge in [-0.15, -0.1) is 0 Å². The van der Waals surface area contributed by atoms with Gasteiger partial charge in [-0.1, -0.05) is 12.1 Å². The Bertz CT molecular complexity index is 782. The molecular weight excluding hydrogens is 344 g/mol. The Hall–Kier alpha value is -2.51. The van der Waals surface area contributed by atoms with E-state index >= 15 is 0 Å². The summed E-state index contributed by atoms with van der Waals surface area (Å²) in [7, 11) is 0. The molecule has 27 heavy (non-hydrogen) atoms. The number of anilines is 1. The minimum Gasteiger partial charge on any atom is -0.393 e. The molecule has 1 amide bonds. The van der Waals surface area contributed by atoms with Crippen molar-refractivity contribution >= 4 is 11.7 Å². The molecule has 2 N–H and O–H groups in total. The van der Waals surface area contributed by atoms with Gasteiger partial charge in [0.05, 0.1) is 18.8 Å². The zero-order valence-electron chi connectivity index (χ0n) is 15.2. The van der Waals surface area contributed by atoms with Crippen molar-refractivity contribution in [2.45, 2.75) is 31.4 Å². The van der Waals surface area contributed by atoms with Gasteiger partial charge in [-0.05, 0) is 37.5 Å². The molecule has 2 aliphatic rings. The summed E-state index contributed by atoms with van der Waals surface area (Å²) < 4.78 is 5.29. The van der Waals surface area contributed by atoms with Crippen LogP contribution in [-0.2, 0) is 4.74 Å². The Kier molecular flexibility index (Phi) is 5.31. The molecule has 0 aliphatic carbocycles. The number of hydrogen-bond acceptors (Lipinski definition) is 6. The van der Waals surface area contributed by atoms with Gasteiger partial charge in [-0.25, -0.2) is 9.97 Å². The SMILES string of the molecule is O=C(N[C@@H]1CCOC1)c1ccc(-c2nccc(N3CCC(O)CC3)n2)cc1. The number of benzene rings is 1. The van der Waals surface area contributed by atoms with E-state index in [1.165, 1.54) is 0 Å². The molecule has 0 bridgehead atoms. The lowest BCUT2D eigenvalue weighted by Crippen LogP contribution is -2.36. The number of nitrogens with zero attached hydrogens (tertiary/aromatic N) is 3. The fourth-order valence-electron chi connectivity index (χ4n) is 3.45. The molecular formula is C20H24N4O3. The molecule has 1 atom stereocenters. The maximum atomic E-state index is 12.3. The number of ether oxygens (including phenoxy) is 1. The van der Waals surface area contributed by atoms with E-state index in [0.29, 0.717) is 24.6 Å². The first-order chi connectivity index (χ1) is 13.2. The molecule has 2 saturated heterocycles. The van der Waals surface area contributed by atoms with Crippen LogP contribution in [-0.4, -0.2) is 59.4 Å². The van der Waals surface area contributed by atoms with Crippen LogP contribution in [0.2, 0.25) is 0 Å². The summed E-state index contributed by atoms with van der Waals surface area (Å²) in [4.78, 5) is 23.5. The number of carbonyl (C=O) groups is 1. The van der Waals surface area contributed by atoms with Gasteiger partial charge in [0.1, 0.15) is 5.82 Å². The second-order valence-corrected chi connectivity index (χ2v) is 7.07. The summed E-state index contributed by atoms with van der Waals surface area (Å²) in [5.74, 6) is 1.42. The molecule has 7 heteroatoms. The highest BCUT2D eigenvalue weighted by molar-refractivity contribution is 5.94. The zero-order valence-corrected chi connectivity index (χ0v) is 15.2. The first-order valence-electron chi connectivity index (χ1n) is 9.44. The van der Waals surface area contributed by atoms with Gasteiger partial charge in [0.15, 0.2) is 5.82 Å². The van der Waals surface area contributed by atoms with E-state index in [9.17, 15) is 9.90 Å². The second kappa shape index (κ2) is 8.02. The summed E-state index contributed by atoms with van der Waals surface area (Å²) in [5.41, 5.74) is 1.49. The van der Waals surface area contributed by atoms with Crippen LogP contribution in [0.4, 0.5) is 5.82 Å². The van der Waals surface area contributed by atoms with Crippen LogP contribution in [0.1, 0.15) is 29.6 Å². The lowest BCUT2D eigenvalue weighted by molar-refractivity contribution is 0.0930. The van der Waals surface area contributed by atoms with E-state index in [2.05, 4.69) is 20.2 Å². The standard InChI is InChI=1S/C20H24N4O3/c25-17-6-10-24(11-7-17)18-5-9-21-19(23-18)14-1-3-15(4-2-14)20(26)22-16-8-12-27-13-16/h1-5,9,16-17,25H,6-8,10-13H2,(H,22,26)/t16-/m1/s1. The third-order valence-electron chi connectivity index (χ3n) is 5.10. The topological polar surface area (TPSA) is 87.6 Å². The van der Waals surface area contributed by atoms with Gasteiger partial charge < -0.3 is 20.1 Å². The van der Waals surface area contributed by atoms with Crippen molar-refractivity contribution < 1.29 is 14.6 Å². The number of aliphatic hydroxyl groups excluding tert-OH is 1. The summed E-state index contributed by atoms with van der Waals surface area (Å²) in [6.45, 7) is 2.87. The summed E-state index contributed by atoms with van der Waals surface area (Å²) in [5, 5.41) is 12.7. The van der Waals surface area contributed by atoms with Gasteiger partial charge in [-0.3, -0.25) is 4.79 Å². The highest BCUT2D eigenvalue weighted by Gasteiger charge is 2.20. The fraction of sp³-hybridized carbons (Fsp3) is 0.450. The molecule has 1 aromatic carbocycles. The number of carbonyl (C=O) groups excluding carboxylic acids is 1. The Balaban J connectivity index is 1.45. The van der Waals surface area contributed by atoms with Crippen LogP contribution in [0.25, 0.3) is 11.4 Å². The largest absolute Gasteiger partial charge is 0.393 e. The maximum Gasteiger partial charge on any atom is 0.251 e. The monoisotopic (exact) mass is 368 g/mol. The lowest BCUT2D eigenvalue weighted by Gasteiger charge is -2.30. The van der Waals surface area contributed by atoms with Crippen LogP contribution < -0.4 is 10.2 Å². The lowest BCUT2D eigenvalue weighted by atomic mass is 10.1. The van der Waals surface area contributed by atoms with Gasteiger partial charge in [-0.2, -0.15) is 0 Å². The summed E-state index contributed by atoms with van der Waals surface area (Å²) >= 11 is 0. The van der Waals surface area contributed by atoms with Crippen molar-refractivity contribution in [3.8, 4) is 11.4 Å². The smallest absolute Gasteiger partial charge is 0.251 e. The van der Waals surface area contributed by atoms with E-state index < -0.39 is 0 Å². The molecule has 2 aliphatic heterocycles. The van der Waals surface area contributed by atoms with Crippen molar-refractivity contribution in [3.63, 3.8) is 0 Å². The molecule has 142 valence electrons. The quantitative estimate of drug-likeness (QED) is 0.853. The van der Waals surface area contributed by atoms with E-state index in [0.717, 1.165) is 43.7 Å². The van der Waals surface area contributed by atoms with Crippen molar-refractivity contribution in [1.82, 2.24) is 15.3 Å². The first-order valence-corrected chi connectivity index (χ1v) is 9.44. The van der Waals surface area contributed by atoms with E-state index in [1.54, 1.807) is 18.3 Å². The van der Waals surface area contributed by atoms with Crippen molar-refractivity contribution in [2.75, 3.05) is 31.2 Å². The third kappa shape index (κ3) is 4.26. The number of aromatic nitrogens is 2. The average molecular weight is 368 g/mol. The van der Waals surface area contributed by atoms with Crippen molar-refractivity contribution in [2.24, 2.45) is 0 Å². The van der Waals surface area contributed by atoms with Crippen LogP contribution in [0, 0.1) is 0 Å². The second-order valence-electron chi connectivity index (χ2n) is 7.07. The molecule has 1 aromatic heterocycles. The number of nitrogens with one attached hydrogen (secondary N) is 1. The van der Waals surface area contributed by atoms with Crippen LogP contribution >= 0.6 is 0 Å². The first kappa shape index (κ1) is 17.9. The van der Waals surface area contributed by atoms with Crippen LogP contribution in [0.5, 0.6) is 0 Å². The molecule has 2 fully saturated rings. The highest BCUT2D eigenvalue weighted by Crippen LogP contribution is 2.22. The van der Waals surface area contributed by atoms with E-state index in [4.69, 9.17) is 4.74 Å². The number of amides is 1. The number of piperidine rings is 1. The van der Waals surface area contributed by atoms with Crippen LogP contribution in [0.15, 0.2) is 36.5 Å². The molecule has 4 rings (SSSR count).